The highest BCUT2D eigenvalue weighted by atomic mass is 16.8. The number of nitrogens with two attached hydrogens (primary N) is 1. The molecule has 0 saturated heterocycles. The van der Waals surface area contributed by atoms with Crippen LogP contribution in [0.5, 0.6) is 0 Å². The molecule has 0 aliphatic rings. The standard InChI is InChI=1S/C3H8N2O3.H3N/c4-1-2-5-8-3(6)7;/h5H,1-2,4H2,(H,6,7);1H3. The van der Waals surface area contributed by atoms with Gasteiger partial charge in [-0.2, -0.15) is 0 Å². The Morgan fingerprint density at radius 2 is 2.33 bits per heavy atom. The molecule has 0 fully saturated rings. The average Bonchev–Trinajstić information content (AvgIpc) is 1.66. The second-order valence-electron chi connectivity index (χ2n) is 1.05. The highest BCUT2D eigenvalue weighted by Crippen LogP contribution is 1.64. The zero-order valence-corrected chi connectivity index (χ0v) is 4.96. The first-order chi connectivity index (χ1) is 3.77. The summed E-state index contributed by atoms with van der Waals surface area (Å²) in [5.74, 6) is 0. The lowest BCUT2D eigenvalue weighted by molar-refractivity contribution is 0.0454. The highest BCUT2D eigenvalue weighted by Gasteiger charge is 1.91. The summed E-state index contributed by atoms with van der Waals surface area (Å²) in [6.45, 7) is 0.694. The van der Waals surface area contributed by atoms with Crippen molar-refractivity contribution in [2.24, 2.45) is 5.73 Å². The van der Waals surface area contributed by atoms with Gasteiger partial charge in [-0.15, -0.1) is 5.48 Å². The summed E-state index contributed by atoms with van der Waals surface area (Å²) in [6.07, 6.45) is -1.35. The Kier molecular flexibility index (Phi) is 8.75. The van der Waals surface area contributed by atoms with Crippen LogP contribution in [0.3, 0.4) is 0 Å². The van der Waals surface area contributed by atoms with E-state index in [1.54, 1.807) is 0 Å². The largest absolute Gasteiger partial charge is 0.525 e. The van der Waals surface area contributed by atoms with E-state index in [0.717, 1.165) is 0 Å². The SMILES string of the molecule is N.NCCNOC(=O)O. The number of hydroxylamine groups is 1. The third-order valence-corrected chi connectivity index (χ3v) is 0.406. The maximum Gasteiger partial charge on any atom is 0.525 e. The highest BCUT2D eigenvalue weighted by molar-refractivity contribution is 5.56. The molecule has 0 unspecified atom stereocenters. The van der Waals surface area contributed by atoms with Crippen LogP contribution in [0.15, 0.2) is 0 Å². The molecule has 7 N–H and O–H groups in total. The van der Waals surface area contributed by atoms with E-state index in [-0.39, 0.29) is 6.15 Å². The number of nitrogens with one attached hydrogen (secondary N) is 1. The molecule has 56 valence electrons. The number of carboxylic acid groups (broad SMARTS) is 1. The zero-order chi connectivity index (χ0) is 6.41. The predicted octanol–water partition coefficient (Wildman–Crippen LogP) is -0.694. The van der Waals surface area contributed by atoms with Gasteiger partial charge in [0.1, 0.15) is 0 Å². The molecule has 6 nitrogen and oxygen atoms in total. The summed E-state index contributed by atoms with van der Waals surface area (Å²) in [5.41, 5.74) is 7.09. The van der Waals surface area contributed by atoms with Crippen molar-refractivity contribution in [3.05, 3.63) is 0 Å². The summed E-state index contributed by atoms with van der Waals surface area (Å²) < 4.78 is 0. The maximum absolute atomic E-state index is 9.55. The van der Waals surface area contributed by atoms with Crippen molar-refractivity contribution in [1.29, 1.82) is 0 Å². The van der Waals surface area contributed by atoms with Crippen molar-refractivity contribution in [3.8, 4) is 0 Å². The van der Waals surface area contributed by atoms with Crippen LogP contribution in [0.25, 0.3) is 0 Å². The maximum atomic E-state index is 9.55. The molecule has 0 atom stereocenters. The molecule has 0 amide bonds. The summed E-state index contributed by atoms with van der Waals surface area (Å²) in [6, 6.07) is 0. The van der Waals surface area contributed by atoms with Gasteiger partial charge in [-0.25, -0.2) is 4.79 Å². The lowest BCUT2D eigenvalue weighted by Gasteiger charge is -1.96. The molecule has 0 aromatic carbocycles. The van der Waals surface area contributed by atoms with Crippen molar-refractivity contribution in [2.75, 3.05) is 13.1 Å². The molecule has 0 aromatic rings. The molecule has 9 heavy (non-hydrogen) atoms. The number of hydrogen-bond donors (Lipinski definition) is 4. The first-order valence-electron chi connectivity index (χ1n) is 2.10. The Bertz CT molecular complexity index is 76.7. The number of carbonyl (C=O) groups is 1. The van der Waals surface area contributed by atoms with Gasteiger partial charge in [-0.3, -0.25) is 0 Å². The van der Waals surface area contributed by atoms with E-state index in [1.807, 2.05) is 0 Å². The van der Waals surface area contributed by atoms with Crippen molar-refractivity contribution in [2.45, 2.75) is 0 Å². The van der Waals surface area contributed by atoms with Crippen LogP contribution in [0.2, 0.25) is 0 Å². The van der Waals surface area contributed by atoms with E-state index >= 15 is 0 Å². The van der Waals surface area contributed by atoms with Crippen LogP contribution < -0.4 is 17.4 Å². The van der Waals surface area contributed by atoms with E-state index < -0.39 is 6.16 Å². The lowest BCUT2D eigenvalue weighted by Crippen LogP contribution is -2.24. The monoisotopic (exact) mass is 137 g/mol. The second kappa shape index (κ2) is 7.15. The quantitative estimate of drug-likeness (QED) is 0.302. The minimum absolute atomic E-state index is 0. The van der Waals surface area contributed by atoms with Crippen molar-refractivity contribution < 1.29 is 14.7 Å². The van der Waals surface area contributed by atoms with E-state index in [0.29, 0.717) is 13.1 Å². The van der Waals surface area contributed by atoms with E-state index in [9.17, 15) is 4.79 Å². The minimum atomic E-state index is -1.35. The zero-order valence-electron chi connectivity index (χ0n) is 4.96. The molecular weight excluding hydrogens is 126 g/mol. The fourth-order valence-corrected chi connectivity index (χ4v) is 0.172. The number of hydrogen-bond acceptors (Lipinski definition) is 5. The van der Waals surface area contributed by atoms with Crippen LogP contribution in [0.1, 0.15) is 0 Å². The van der Waals surface area contributed by atoms with E-state index in [2.05, 4.69) is 10.3 Å². The van der Waals surface area contributed by atoms with Crippen molar-refractivity contribution >= 4 is 6.16 Å². The molecule has 0 aliphatic carbocycles. The van der Waals surface area contributed by atoms with Gasteiger partial charge in [0.25, 0.3) is 0 Å². The lowest BCUT2D eigenvalue weighted by atomic mass is 10.7. The first kappa shape index (κ1) is 11.0. The Balaban J connectivity index is 0. The van der Waals surface area contributed by atoms with Gasteiger partial charge in [0.05, 0.1) is 0 Å². The summed E-state index contributed by atoms with van der Waals surface area (Å²) in [5, 5.41) is 7.81. The predicted molar refractivity (Wildman–Crippen MR) is 31.2 cm³/mol. The molecule has 6 heteroatoms. The van der Waals surface area contributed by atoms with Crippen LogP contribution in [0.4, 0.5) is 4.79 Å². The summed E-state index contributed by atoms with van der Waals surface area (Å²) in [4.78, 5) is 13.4. The number of rotatable bonds is 3. The van der Waals surface area contributed by atoms with Crippen molar-refractivity contribution in [1.82, 2.24) is 11.6 Å². The van der Waals surface area contributed by atoms with Crippen molar-refractivity contribution in [3.63, 3.8) is 0 Å². The molecule has 0 saturated carbocycles. The van der Waals surface area contributed by atoms with E-state index in [4.69, 9.17) is 10.8 Å². The Morgan fingerprint density at radius 1 is 1.78 bits per heavy atom. The second-order valence-corrected chi connectivity index (χ2v) is 1.05. The van der Waals surface area contributed by atoms with Crippen LogP contribution >= 0.6 is 0 Å². The molecule has 0 aromatic heterocycles. The molecule has 0 heterocycles. The van der Waals surface area contributed by atoms with Gasteiger partial charge < -0.3 is 21.8 Å². The molecule has 0 spiro atoms. The third kappa shape index (κ3) is 11.0. The van der Waals surface area contributed by atoms with Crippen LogP contribution in [0, 0.1) is 0 Å². The topological polar surface area (TPSA) is 120 Å². The molecule has 0 rings (SSSR count). The molecular formula is C3H11N3O3. The Morgan fingerprint density at radius 3 is 2.67 bits per heavy atom. The third-order valence-electron chi connectivity index (χ3n) is 0.406. The summed E-state index contributed by atoms with van der Waals surface area (Å²) >= 11 is 0. The normalized spacial score (nSPS) is 7.67. The average molecular weight is 137 g/mol. The van der Waals surface area contributed by atoms with Crippen LogP contribution in [-0.2, 0) is 4.84 Å². The summed E-state index contributed by atoms with van der Waals surface area (Å²) in [7, 11) is 0. The van der Waals surface area contributed by atoms with Gasteiger partial charge in [0.15, 0.2) is 0 Å². The van der Waals surface area contributed by atoms with Gasteiger partial charge in [-0.1, -0.05) is 0 Å². The van der Waals surface area contributed by atoms with E-state index in [1.165, 1.54) is 0 Å². The minimum Gasteiger partial charge on any atom is -0.448 e. The smallest absolute Gasteiger partial charge is 0.448 e. The first-order valence-corrected chi connectivity index (χ1v) is 2.10. The molecule has 0 aliphatic heterocycles. The fraction of sp³-hybridized carbons (Fsp3) is 0.667. The Labute approximate surface area is 52.5 Å². The fourth-order valence-electron chi connectivity index (χ4n) is 0.172. The Hall–Kier alpha value is -0.850. The van der Waals surface area contributed by atoms with Crippen LogP contribution in [-0.4, -0.2) is 24.4 Å². The van der Waals surface area contributed by atoms with Gasteiger partial charge >= 0.3 is 6.16 Å². The van der Waals surface area contributed by atoms with Gasteiger partial charge in [0.2, 0.25) is 0 Å². The van der Waals surface area contributed by atoms with Gasteiger partial charge in [0, 0.05) is 13.1 Å². The van der Waals surface area contributed by atoms with Gasteiger partial charge in [-0.05, 0) is 0 Å². The molecule has 0 bridgehead atoms. The molecule has 0 radical (unpaired) electrons.